The molecule has 17 heavy (non-hydrogen) atoms. The van der Waals surface area contributed by atoms with Gasteiger partial charge in [0, 0.05) is 17.1 Å². The van der Waals surface area contributed by atoms with Crippen LogP contribution in [0.1, 0.15) is 30.6 Å². The Labute approximate surface area is 108 Å². The summed E-state index contributed by atoms with van der Waals surface area (Å²) in [6.45, 7) is 7.04. The van der Waals surface area contributed by atoms with Gasteiger partial charge < -0.3 is 0 Å². The third-order valence-corrected chi connectivity index (χ3v) is 3.54. The molecule has 1 aromatic rings. The van der Waals surface area contributed by atoms with E-state index in [1.807, 2.05) is 0 Å². The lowest BCUT2D eigenvalue weighted by molar-refractivity contribution is 0.0940. The molecule has 0 unspecified atom stereocenters. The molecule has 1 heterocycles. The Morgan fingerprint density at radius 1 is 1.35 bits per heavy atom. The fourth-order valence-corrected chi connectivity index (χ4v) is 2.42. The lowest BCUT2D eigenvalue weighted by atomic mass is 9.93. The van der Waals surface area contributed by atoms with Crippen molar-refractivity contribution in [2.45, 2.75) is 20.3 Å². The molecule has 0 atom stereocenters. The van der Waals surface area contributed by atoms with Gasteiger partial charge in [-0.3, -0.25) is 9.69 Å². The number of hydrogen-bond donors (Lipinski definition) is 0. The summed E-state index contributed by atoms with van der Waals surface area (Å²) in [6.07, 6.45) is 1.17. The van der Waals surface area contributed by atoms with Crippen molar-refractivity contribution in [1.82, 2.24) is 4.90 Å². The monoisotopic (exact) mass is 251 g/mol. The van der Waals surface area contributed by atoms with Crippen molar-refractivity contribution in [3.8, 4) is 0 Å². The maximum Gasteiger partial charge on any atom is 0.176 e. The molecule has 0 saturated carbocycles. The van der Waals surface area contributed by atoms with E-state index in [4.69, 9.17) is 11.6 Å². The van der Waals surface area contributed by atoms with Crippen molar-refractivity contribution >= 4 is 17.4 Å². The Balaban J connectivity index is 1.96. The average molecular weight is 252 g/mol. The first-order valence-electron chi connectivity index (χ1n) is 5.97. The van der Waals surface area contributed by atoms with E-state index >= 15 is 0 Å². The van der Waals surface area contributed by atoms with Gasteiger partial charge in [-0.15, -0.1) is 0 Å². The second kappa shape index (κ2) is 4.79. The van der Waals surface area contributed by atoms with Crippen LogP contribution in [-0.2, 0) is 0 Å². The SMILES string of the molecule is CC1(C)CCN(CC(=O)c2ccc(Cl)cc2)C1. The fourth-order valence-electron chi connectivity index (χ4n) is 2.29. The maximum absolute atomic E-state index is 12.0. The molecule has 1 aliphatic rings. The van der Waals surface area contributed by atoms with Gasteiger partial charge >= 0.3 is 0 Å². The van der Waals surface area contributed by atoms with E-state index in [-0.39, 0.29) is 5.78 Å². The zero-order chi connectivity index (χ0) is 12.5. The first-order chi connectivity index (χ1) is 7.96. The highest BCUT2D eigenvalue weighted by Crippen LogP contribution is 2.28. The van der Waals surface area contributed by atoms with Crippen LogP contribution < -0.4 is 0 Å². The van der Waals surface area contributed by atoms with Crippen molar-refractivity contribution in [3.05, 3.63) is 34.9 Å². The predicted molar refractivity (Wildman–Crippen MR) is 70.6 cm³/mol. The quantitative estimate of drug-likeness (QED) is 0.769. The topological polar surface area (TPSA) is 20.3 Å². The number of nitrogens with zero attached hydrogens (tertiary/aromatic N) is 1. The average Bonchev–Trinajstić information content (AvgIpc) is 2.59. The van der Waals surface area contributed by atoms with Crippen LogP contribution in [0.2, 0.25) is 5.02 Å². The van der Waals surface area contributed by atoms with E-state index in [9.17, 15) is 4.79 Å². The minimum Gasteiger partial charge on any atom is -0.295 e. The van der Waals surface area contributed by atoms with Crippen molar-refractivity contribution in [2.75, 3.05) is 19.6 Å². The van der Waals surface area contributed by atoms with Gasteiger partial charge in [0.05, 0.1) is 6.54 Å². The number of carbonyl (C=O) groups is 1. The molecule has 1 aliphatic heterocycles. The van der Waals surface area contributed by atoms with E-state index in [2.05, 4.69) is 18.7 Å². The van der Waals surface area contributed by atoms with Gasteiger partial charge in [0.2, 0.25) is 0 Å². The molecule has 2 rings (SSSR count). The highest BCUT2D eigenvalue weighted by molar-refractivity contribution is 6.30. The van der Waals surface area contributed by atoms with Crippen LogP contribution in [0, 0.1) is 5.41 Å². The number of ketones is 1. The Kier molecular flexibility index (Phi) is 3.55. The molecular formula is C14H18ClNO. The molecule has 1 aromatic carbocycles. The number of likely N-dealkylation sites (tertiary alicyclic amines) is 1. The largest absolute Gasteiger partial charge is 0.295 e. The summed E-state index contributed by atoms with van der Waals surface area (Å²) in [5, 5.41) is 0.670. The van der Waals surface area contributed by atoms with Crippen LogP contribution in [0.5, 0.6) is 0 Å². The zero-order valence-corrected chi connectivity index (χ0v) is 11.1. The van der Waals surface area contributed by atoms with Gasteiger partial charge in [0.25, 0.3) is 0 Å². The number of hydrogen-bond acceptors (Lipinski definition) is 2. The van der Waals surface area contributed by atoms with Gasteiger partial charge in [-0.25, -0.2) is 0 Å². The van der Waals surface area contributed by atoms with Crippen LogP contribution in [0.25, 0.3) is 0 Å². The Morgan fingerprint density at radius 2 is 2.00 bits per heavy atom. The minimum absolute atomic E-state index is 0.180. The van der Waals surface area contributed by atoms with Crippen molar-refractivity contribution in [2.24, 2.45) is 5.41 Å². The smallest absolute Gasteiger partial charge is 0.176 e. The molecule has 0 spiro atoms. The number of benzene rings is 1. The van der Waals surface area contributed by atoms with Crippen LogP contribution in [0.4, 0.5) is 0 Å². The molecule has 3 heteroatoms. The molecule has 1 saturated heterocycles. The summed E-state index contributed by atoms with van der Waals surface area (Å²) < 4.78 is 0. The Bertz CT molecular complexity index is 411. The Hall–Kier alpha value is -0.860. The summed E-state index contributed by atoms with van der Waals surface area (Å²) >= 11 is 5.80. The second-order valence-electron chi connectivity index (χ2n) is 5.55. The highest BCUT2D eigenvalue weighted by Gasteiger charge is 2.30. The molecule has 0 N–H and O–H groups in total. The summed E-state index contributed by atoms with van der Waals surface area (Å²) in [7, 11) is 0. The van der Waals surface area contributed by atoms with E-state index in [0.717, 1.165) is 18.7 Å². The minimum atomic E-state index is 0.180. The lowest BCUT2D eigenvalue weighted by Gasteiger charge is -2.18. The molecule has 0 bridgehead atoms. The summed E-state index contributed by atoms with van der Waals surface area (Å²) in [4.78, 5) is 14.3. The number of rotatable bonds is 3. The zero-order valence-electron chi connectivity index (χ0n) is 10.4. The van der Waals surface area contributed by atoms with Gasteiger partial charge in [-0.2, -0.15) is 0 Å². The van der Waals surface area contributed by atoms with E-state index in [1.54, 1.807) is 24.3 Å². The molecule has 1 fully saturated rings. The van der Waals surface area contributed by atoms with E-state index < -0.39 is 0 Å². The molecule has 92 valence electrons. The van der Waals surface area contributed by atoms with Gasteiger partial charge in [-0.1, -0.05) is 25.4 Å². The maximum atomic E-state index is 12.0. The molecule has 0 amide bonds. The molecule has 0 radical (unpaired) electrons. The first-order valence-corrected chi connectivity index (χ1v) is 6.35. The highest BCUT2D eigenvalue weighted by atomic mass is 35.5. The molecule has 0 aliphatic carbocycles. The first kappa shape index (κ1) is 12.6. The predicted octanol–water partition coefficient (Wildman–Crippen LogP) is 3.25. The van der Waals surface area contributed by atoms with Gasteiger partial charge in [0.1, 0.15) is 0 Å². The van der Waals surface area contributed by atoms with Gasteiger partial charge in [0.15, 0.2) is 5.78 Å². The number of carbonyl (C=O) groups excluding carboxylic acids is 1. The molecule has 0 aromatic heterocycles. The number of halogens is 1. The van der Waals surface area contributed by atoms with Gasteiger partial charge in [-0.05, 0) is 42.6 Å². The van der Waals surface area contributed by atoms with E-state index in [1.165, 1.54) is 6.42 Å². The van der Waals surface area contributed by atoms with E-state index in [0.29, 0.717) is 17.0 Å². The third kappa shape index (κ3) is 3.30. The van der Waals surface area contributed by atoms with Crippen LogP contribution in [0.3, 0.4) is 0 Å². The summed E-state index contributed by atoms with van der Waals surface area (Å²) in [5.74, 6) is 0.180. The normalized spacial score (nSPS) is 19.5. The van der Waals surface area contributed by atoms with Crippen molar-refractivity contribution in [1.29, 1.82) is 0 Å². The Morgan fingerprint density at radius 3 is 2.53 bits per heavy atom. The number of Topliss-reactive ketones (excluding diaryl/α,β-unsaturated/α-hetero) is 1. The molecule has 2 nitrogen and oxygen atoms in total. The molecular weight excluding hydrogens is 234 g/mol. The standard InChI is InChI=1S/C14H18ClNO/c1-14(2)7-8-16(10-14)9-13(17)11-3-5-12(15)6-4-11/h3-6H,7-10H2,1-2H3. The van der Waals surface area contributed by atoms with Crippen LogP contribution in [0.15, 0.2) is 24.3 Å². The van der Waals surface area contributed by atoms with Crippen molar-refractivity contribution in [3.63, 3.8) is 0 Å². The summed E-state index contributed by atoms with van der Waals surface area (Å²) in [6, 6.07) is 7.13. The summed E-state index contributed by atoms with van der Waals surface area (Å²) in [5.41, 5.74) is 1.10. The lowest BCUT2D eigenvalue weighted by Crippen LogP contribution is -2.29. The fraction of sp³-hybridized carbons (Fsp3) is 0.500. The van der Waals surface area contributed by atoms with Crippen molar-refractivity contribution < 1.29 is 4.79 Å². The second-order valence-corrected chi connectivity index (χ2v) is 5.99. The van der Waals surface area contributed by atoms with Crippen LogP contribution >= 0.6 is 11.6 Å². The van der Waals surface area contributed by atoms with Crippen LogP contribution in [-0.4, -0.2) is 30.3 Å². The third-order valence-electron chi connectivity index (χ3n) is 3.29.